The molecule has 1 aliphatic rings. The number of hydrogen-bond acceptors (Lipinski definition) is 3. The van der Waals surface area contributed by atoms with Crippen LogP contribution in [0.4, 0.5) is 0 Å². The van der Waals surface area contributed by atoms with Gasteiger partial charge in [0, 0.05) is 24.2 Å². The molecule has 0 aliphatic carbocycles. The van der Waals surface area contributed by atoms with Crippen molar-refractivity contribution in [2.75, 3.05) is 6.61 Å². The van der Waals surface area contributed by atoms with Crippen LogP contribution in [0.2, 0.25) is 0 Å². The lowest BCUT2D eigenvalue weighted by molar-refractivity contribution is -0.0615. The Morgan fingerprint density at radius 2 is 2.40 bits per heavy atom. The van der Waals surface area contributed by atoms with E-state index in [0.717, 1.165) is 23.9 Å². The summed E-state index contributed by atoms with van der Waals surface area (Å²) in [6.45, 7) is 4.79. The number of carbonyl (C=O) groups excluding carboxylic acids is 1. The highest BCUT2D eigenvalue weighted by Gasteiger charge is 2.30. The Morgan fingerprint density at radius 1 is 1.55 bits per heavy atom. The molecule has 1 saturated heterocycles. The van der Waals surface area contributed by atoms with E-state index in [0.29, 0.717) is 12.3 Å². The van der Waals surface area contributed by atoms with Crippen molar-refractivity contribution in [3.8, 4) is 0 Å². The molecule has 2 aromatic heterocycles. The Kier molecular flexibility index (Phi) is 3.22. The lowest BCUT2D eigenvalue weighted by Gasteiger charge is -2.35. The molecule has 1 aliphatic heterocycles. The number of hydrogen-bond donors (Lipinski definition) is 2. The van der Waals surface area contributed by atoms with Gasteiger partial charge in [0.1, 0.15) is 11.3 Å². The lowest BCUT2D eigenvalue weighted by Crippen LogP contribution is -2.45. The number of fused-ring (bicyclic) bond motifs is 1. The first kappa shape index (κ1) is 13.1. The number of nitrogens with zero attached hydrogens (tertiary/aromatic N) is 1. The summed E-state index contributed by atoms with van der Waals surface area (Å²) in [6.07, 6.45) is 3.40. The number of nitrogens with one attached hydrogen (secondary N) is 2. The summed E-state index contributed by atoms with van der Waals surface area (Å²) in [7, 11) is 0. The Hall–Kier alpha value is -1.88. The highest BCUT2D eigenvalue weighted by atomic mass is 16.5. The minimum atomic E-state index is -0.168. The van der Waals surface area contributed by atoms with Gasteiger partial charge in [-0.2, -0.15) is 0 Å². The molecule has 2 N–H and O–H groups in total. The maximum atomic E-state index is 12.3. The molecule has 0 saturated carbocycles. The Bertz CT molecular complexity index is 600. The normalized spacial score (nSPS) is 21.8. The molecule has 0 aromatic carbocycles. The van der Waals surface area contributed by atoms with Crippen LogP contribution in [-0.2, 0) is 4.74 Å². The second-order valence-electron chi connectivity index (χ2n) is 5.90. The molecule has 3 rings (SSSR count). The van der Waals surface area contributed by atoms with Gasteiger partial charge in [-0.05, 0) is 44.9 Å². The molecule has 20 heavy (non-hydrogen) atoms. The molecule has 5 heteroatoms. The summed E-state index contributed by atoms with van der Waals surface area (Å²) >= 11 is 0. The number of H-pyrrole nitrogens is 1. The fourth-order valence-corrected chi connectivity index (χ4v) is 2.70. The van der Waals surface area contributed by atoms with Crippen molar-refractivity contribution < 1.29 is 9.53 Å². The maximum Gasteiger partial charge on any atom is 0.267 e. The van der Waals surface area contributed by atoms with Crippen LogP contribution in [0.3, 0.4) is 0 Å². The van der Waals surface area contributed by atoms with E-state index in [1.165, 1.54) is 0 Å². The van der Waals surface area contributed by atoms with Gasteiger partial charge >= 0.3 is 0 Å². The lowest BCUT2D eigenvalue weighted by atomic mass is 9.94. The van der Waals surface area contributed by atoms with E-state index in [2.05, 4.69) is 29.1 Å². The first-order valence-electron chi connectivity index (χ1n) is 6.92. The van der Waals surface area contributed by atoms with Crippen LogP contribution >= 0.6 is 0 Å². The standard InChI is InChI=1S/C15H19N3O2/c1-15(2)9-11(5-7-20-15)17-14(19)12-8-10-4-3-6-16-13(10)18-12/h3-4,6,8,11H,5,7,9H2,1-2H3,(H,16,18)(H,17,19). The van der Waals surface area contributed by atoms with Gasteiger partial charge in [-0.3, -0.25) is 4.79 Å². The van der Waals surface area contributed by atoms with Crippen molar-refractivity contribution in [1.29, 1.82) is 0 Å². The van der Waals surface area contributed by atoms with E-state index in [9.17, 15) is 4.79 Å². The number of ether oxygens (including phenoxy) is 1. The van der Waals surface area contributed by atoms with E-state index >= 15 is 0 Å². The van der Waals surface area contributed by atoms with Crippen LogP contribution in [0.1, 0.15) is 37.2 Å². The van der Waals surface area contributed by atoms with Crippen LogP contribution in [0.5, 0.6) is 0 Å². The second-order valence-corrected chi connectivity index (χ2v) is 5.90. The average molecular weight is 273 g/mol. The summed E-state index contributed by atoms with van der Waals surface area (Å²) in [5, 5.41) is 4.02. The highest BCUT2D eigenvalue weighted by Crippen LogP contribution is 2.24. The van der Waals surface area contributed by atoms with E-state index in [-0.39, 0.29) is 17.6 Å². The molecular formula is C15H19N3O2. The van der Waals surface area contributed by atoms with Crippen molar-refractivity contribution in [3.63, 3.8) is 0 Å². The second kappa shape index (κ2) is 4.90. The van der Waals surface area contributed by atoms with Gasteiger partial charge in [0.25, 0.3) is 5.91 Å². The topological polar surface area (TPSA) is 67.0 Å². The third-order valence-corrected chi connectivity index (χ3v) is 3.67. The summed E-state index contributed by atoms with van der Waals surface area (Å²) in [5.41, 5.74) is 1.13. The van der Waals surface area contributed by atoms with Gasteiger partial charge in [0.05, 0.1) is 5.60 Å². The van der Waals surface area contributed by atoms with Gasteiger partial charge < -0.3 is 15.0 Å². The molecule has 1 fully saturated rings. The van der Waals surface area contributed by atoms with Crippen LogP contribution < -0.4 is 5.32 Å². The number of rotatable bonds is 2. The zero-order valence-electron chi connectivity index (χ0n) is 11.8. The van der Waals surface area contributed by atoms with Crippen molar-refractivity contribution >= 4 is 16.9 Å². The van der Waals surface area contributed by atoms with Gasteiger partial charge in [-0.15, -0.1) is 0 Å². The summed E-state index contributed by atoms with van der Waals surface area (Å²) in [4.78, 5) is 19.5. The maximum absolute atomic E-state index is 12.3. The molecule has 106 valence electrons. The fourth-order valence-electron chi connectivity index (χ4n) is 2.70. The minimum absolute atomic E-state index is 0.0781. The number of aromatic nitrogens is 2. The summed E-state index contributed by atoms with van der Waals surface area (Å²) in [6, 6.07) is 5.79. The third kappa shape index (κ3) is 2.67. The molecule has 1 unspecified atom stereocenters. The van der Waals surface area contributed by atoms with Crippen molar-refractivity contribution in [3.05, 3.63) is 30.1 Å². The Balaban J connectivity index is 1.72. The van der Waals surface area contributed by atoms with Crippen LogP contribution in [0.25, 0.3) is 11.0 Å². The minimum Gasteiger partial charge on any atom is -0.375 e. The molecule has 0 radical (unpaired) electrons. The largest absolute Gasteiger partial charge is 0.375 e. The number of pyridine rings is 1. The molecular weight excluding hydrogens is 254 g/mol. The van der Waals surface area contributed by atoms with Crippen molar-refractivity contribution in [2.24, 2.45) is 0 Å². The van der Waals surface area contributed by atoms with Crippen LogP contribution in [-0.4, -0.2) is 34.1 Å². The zero-order valence-corrected chi connectivity index (χ0v) is 11.8. The Labute approximate surface area is 117 Å². The molecule has 0 bridgehead atoms. The van der Waals surface area contributed by atoms with Gasteiger partial charge in [0.2, 0.25) is 0 Å². The first-order valence-corrected chi connectivity index (χ1v) is 6.92. The van der Waals surface area contributed by atoms with Gasteiger partial charge in [0.15, 0.2) is 0 Å². The fraction of sp³-hybridized carbons (Fsp3) is 0.467. The average Bonchev–Trinajstić information content (AvgIpc) is 2.81. The predicted molar refractivity (Wildman–Crippen MR) is 76.6 cm³/mol. The predicted octanol–water partition coefficient (Wildman–Crippen LogP) is 2.25. The Morgan fingerprint density at radius 3 is 3.15 bits per heavy atom. The quantitative estimate of drug-likeness (QED) is 0.882. The molecule has 3 heterocycles. The third-order valence-electron chi connectivity index (χ3n) is 3.67. The van der Waals surface area contributed by atoms with E-state index in [1.54, 1.807) is 6.20 Å². The summed E-state index contributed by atoms with van der Waals surface area (Å²) in [5.74, 6) is -0.0781. The molecule has 2 aromatic rings. The molecule has 1 amide bonds. The van der Waals surface area contributed by atoms with E-state index in [4.69, 9.17) is 4.74 Å². The number of carbonyl (C=O) groups is 1. The van der Waals surface area contributed by atoms with Crippen LogP contribution in [0.15, 0.2) is 24.4 Å². The number of aromatic amines is 1. The summed E-state index contributed by atoms with van der Waals surface area (Å²) < 4.78 is 5.66. The van der Waals surface area contributed by atoms with Crippen molar-refractivity contribution in [1.82, 2.24) is 15.3 Å². The first-order chi connectivity index (χ1) is 9.53. The molecule has 5 nitrogen and oxygen atoms in total. The smallest absolute Gasteiger partial charge is 0.267 e. The monoisotopic (exact) mass is 273 g/mol. The highest BCUT2D eigenvalue weighted by molar-refractivity contribution is 5.97. The molecule has 1 atom stereocenters. The van der Waals surface area contributed by atoms with Gasteiger partial charge in [-0.1, -0.05) is 0 Å². The van der Waals surface area contributed by atoms with Crippen molar-refractivity contribution in [2.45, 2.75) is 38.3 Å². The van der Waals surface area contributed by atoms with Crippen LogP contribution in [0, 0.1) is 0 Å². The zero-order chi connectivity index (χ0) is 14.2. The van der Waals surface area contributed by atoms with E-state index < -0.39 is 0 Å². The SMILES string of the molecule is CC1(C)CC(NC(=O)c2cc3cccnc3[nH]2)CCO1. The van der Waals surface area contributed by atoms with Gasteiger partial charge in [-0.25, -0.2) is 4.98 Å². The number of amides is 1. The van der Waals surface area contributed by atoms with E-state index in [1.807, 2.05) is 18.2 Å². The molecule has 0 spiro atoms.